The Balaban J connectivity index is 1.31. The van der Waals surface area contributed by atoms with Crippen molar-refractivity contribution in [3.05, 3.63) is 35.9 Å². The Labute approximate surface area is 663 Å². The highest BCUT2D eigenvalue weighted by Gasteiger charge is 2.49. The molecule has 16 unspecified atom stereocenters. The molecule has 3 amide bonds. The van der Waals surface area contributed by atoms with Crippen LogP contribution >= 0.6 is 35.3 Å². The van der Waals surface area contributed by atoms with Gasteiger partial charge in [-0.05, 0) is 79.6 Å². The first-order valence-electron chi connectivity index (χ1n) is 39.3. The molecule has 110 heavy (non-hydrogen) atoms. The number of Topliss-reactive ketones (excluding diaryl/α,β-unsaturated/α-hetero) is 2. The maximum Gasteiger partial charge on any atom is 0.306 e. The summed E-state index contributed by atoms with van der Waals surface area (Å²) < 4.78 is 69.7. The largest absolute Gasteiger partial charge is 0.463 e. The van der Waals surface area contributed by atoms with Crippen molar-refractivity contribution in [3.63, 3.8) is 0 Å². The van der Waals surface area contributed by atoms with Gasteiger partial charge in [0, 0.05) is 105 Å². The van der Waals surface area contributed by atoms with Crippen molar-refractivity contribution in [1.29, 1.82) is 0 Å². The van der Waals surface area contributed by atoms with Gasteiger partial charge in [0.2, 0.25) is 17.7 Å². The Hall–Kier alpha value is -5.48. The van der Waals surface area contributed by atoms with Crippen LogP contribution in [-0.4, -0.2) is 229 Å². The lowest BCUT2D eigenvalue weighted by Gasteiger charge is -2.43. The van der Waals surface area contributed by atoms with E-state index >= 15 is 0 Å². The van der Waals surface area contributed by atoms with E-state index in [1.807, 2.05) is 44.2 Å². The Kier molecular flexibility index (Phi) is 48.5. The van der Waals surface area contributed by atoms with Gasteiger partial charge in [-0.2, -0.15) is 0 Å². The van der Waals surface area contributed by atoms with Gasteiger partial charge in [-0.15, -0.1) is 35.3 Å². The average Bonchev–Trinajstić information content (AvgIpc) is 0.802. The molecule has 4 rings (SSSR count). The summed E-state index contributed by atoms with van der Waals surface area (Å²) in [5.41, 5.74) is -1.60. The number of aliphatic hydroxyl groups is 2. The van der Waals surface area contributed by atoms with E-state index in [4.69, 9.17) is 56.8 Å². The number of ketones is 2. The highest BCUT2D eigenvalue weighted by Crippen LogP contribution is 2.40. The summed E-state index contributed by atoms with van der Waals surface area (Å²) in [7, 11) is 0. The summed E-state index contributed by atoms with van der Waals surface area (Å²) in [6.45, 7) is 15.5. The first kappa shape index (κ1) is 96.9. The van der Waals surface area contributed by atoms with E-state index in [2.05, 4.69) is 29.8 Å². The summed E-state index contributed by atoms with van der Waals surface area (Å²) in [4.78, 5) is 137. The van der Waals surface area contributed by atoms with E-state index in [9.17, 15) is 63.0 Å². The number of carbonyl (C=O) groups is 11. The lowest BCUT2D eigenvalue weighted by atomic mass is 9.85. The molecule has 3 saturated heterocycles. The molecule has 3 aliphatic rings. The summed E-state index contributed by atoms with van der Waals surface area (Å²) in [6.07, 6.45) is 6.90. The predicted octanol–water partition coefficient (Wildman–Crippen LogP) is 9.17. The minimum atomic E-state index is -1.36. The molecule has 1 aromatic rings. The Bertz CT molecular complexity index is 2820. The van der Waals surface area contributed by atoms with E-state index in [-0.39, 0.29) is 150 Å². The maximum atomic E-state index is 14.0. The van der Waals surface area contributed by atoms with Gasteiger partial charge < -0.3 is 83.0 Å². The van der Waals surface area contributed by atoms with E-state index in [1.165, 1.54) is 53.3 Å². The predicted molar refractivity (Wildman–Crippen MR) is 415 cm³/mol. The van der Waals surface area contributed by atoms with Crippen molar-refractivity contribution >= 4 is 100 Å². The molecular weight excluding hydrogens is 1490 g/mol. The van der Waals surface area contributed by atoms with Crippen molar-refractivity contribution < 1.29 is 120 Å². The van der Waals surface area contributed by atoms with Gasteiger partial charge in [0.05, 0.1) is 52.3 Å². The average molecular weight is 1620 g/mol. The number of nitrogens with one attached hydrogen (secondary N) is 3. The molecule has 3 heterocycles. The fraction of sp³-hybridized carbons (Fsp3) is 0.785. The molecule has 1 aromatic carbocycles. The first-order valence-corrected chi connectivity index (χ1v) is 42.5. The highest BCUT2D eigenvalue weighted by molar-refractivity contribution is 8.00. The Morgan fingerprint density at radius 1 is 0.455 bits per heavy atom. The van der Waals surface area contributed by atoms with E-state index in [0.29, 0.717) is 38.0 Å². The zero-order valence-corrected chi connectivity index (χ0v) is 69.0. The third-order valence-corrected chi connectivity index (χ3v) is 23.5. The number of unbranched alkanes of at least 4 members (excludes halogenated alkanes) is 11. The number of rotatable bonds is 57. The molecule has 0 aromatic heterocycles. The number of hydrogen-bond acceptors (Lipinski definition) is 28. The standard InChI is InChI=1S/C79H127N3O25S3/c1-52-54(3)76(106-66(47-99-57(6)85)73(52)102-59(8)87)108-42-25-16-11-13-22-31-63(90)35-39-96-49-79(82-69(93)33-28-34-70(94)101-46-62-29-20-19-21-30-62,50-97-40-36-64(91)32-23-14-12-17-26-44-110-78-71(81-56(5)84)72(95)75(104-61(10)89)65(45-83)105-78)51-98-41-37-68(92)80-38-24-15-18-27-43-109-77-55(4)53(2)74(103-60(9)88)67(107-77)48-100-58(7)86/h19-21,29-30,52-55,65-67,71-78,83,95H,11-18,22-28,31-51H2,1-10H3,(H,80,92)(H,81,84)(H,82,93). The molecular formula is C79H127N3O25S3. The molecule has 3 fully saturated rings. The summed E-state index contributed by atoms with van der Waals surface area (Å²) in [5, 5.41) is 29.7. The van der Waals surface area contributed by atoms with Crippen LogP contribution < -0.4 is 16.0 Å². The number of hydrogen-bond donors (Lipinski definition) is 5. The van der Waals surface area contributed by atoms with Gasteiger partial charge in [-0.25, -0.2) is 0 Å². The smallest absolute Gasteiger partial charge is 0.306 e. The van der Waals surface area contributed by atoms with Crippen molar-refractivity contribution in [3.8, 4) is 0 Å². The van der Waals surface area contributed by atoms with Gasteiger partial charge in [0.15, 0.2) is 6.10 Å². The fourth-order valence-electron chi connectivity index (χ4n) is 13.0. The fourth-order valence-corrected chi connectivity index (χ4v) is 17.1. The molecule has 626 valence electrons. The maximum absolute atomic E-state index is 14.0. The molecule has 0 aliphatic carbocycles. The Morgan fingerprint density at radius 3 is 1.35 bits per heavy atom. The molecule has 31 heteroatoms. The third kappa shape index (κ3) is 39.5. The van der Waals surface area contributed by atoms with Crippen LogP contribution in [0.25, 0.3) is 0 Å². The Morgan fingerprint density at radius 2 is 0.891 bits per heavy atom. The van der Waals surface area contributed by atoms with Gasteiger partial charge >= 0.3 is 35.8 Å². The van der Waals surface area contributed by atoms with Crippen molar-refractivity contribution in [2.24, 2.45) is 23.7 Å². The molecule has 3 aliphatic heterocycles. The van der Waals surface area contributed by atoms with E-state index in [1.54, 1.807) is 23.5 Å². The lowest BCUT2D eigenvalue weighted by molar-refractivity contribution is -0.197. The summed E-state index contributed by atoms with van der Waals surface area (Å²) in [6, 6.07) is 8.35. The second-order valence-electron chi connectivity index (χ2n) is 29.0. The van der Waals surface area contributed by atoms with Crippen LogP contribution in [0, 0.1) is 23.7 Å². The topological polar surface area (TPSA) is 375 Å². The van der Waals surface area contributed by atoms with Crippen LogP contribution in [0.2, 0.25) is 0 Å². The van der Waals surface area contributed by atoms with Gasteiger partial charge in [0.25, 0.3) is 0 Å². The second kappa shape index (κ2) is 55.1. The number of ether oxygens (including phenoxy) is 12. The minimum Gasteiger partial charge on any atom is -0.463 e. The van der Waals surface area contributed by atoms with Crippen molar-refractivity contribution in [2.45, 2.75) is 288 Å². The van der Waals surface area contributed by atoms with Crippen LogP contribution in [0.5, 0.6) is 0 Å². The van der Waals surface area contributed by atoms with E-state index < -0.39 is 114 Å². The lowest BCUT2D eigenvalue weighted by Crippen LogP contribution is -2.64. The van der Waals surface area contributed by atoms with Crippen LogP contribution in [0.1, 0.15) is 216 Å². The highest BCUT2D eigenvalue weighted by atomic mass is 32.2. The monoisotopic (exact) mass is 1610 g/mol. The number of amides is 3. The number of carbonyl (C=O) groups excluding carboxylic acids is 11. The van der Waals surface area contributed by atoms with Crippen LogP contribution in [0.4, 0.5) is 0 Å². The third-order valence-electron chi connectivity index (χ3n) is 19.5. The summed E-state index contributed by atoms with van der Waals surface area (Å²) in [5.74, 6) is -1.57. The quantitative estimate of drug-likeness (QED) is 0.0230. The van der Waals surface area contributed by atoms with Crippen molar-refractivity contribution in [1.82, 2.24) is 16.0 Å². The van der Waals surface area contributed by atoms with Gasteiger partial charge in [0.1, 0.15) is 89.9 Å². The second-order valence-corrected chi connectivity index (χ2v) is 32.6. The zero-order chi connectivity index (χ0) is 80.8. The summed E-state index contributed by atoms with van der Waals surface area (Å²) >= 11 is 4.75. The molecule has 0 bridgehead atoms. The van der Waals surface area contributed by atoms with Crippen molar-refractivity contribution in [2.75, 3.05) is 83.3 Å². The molecule has 28 nitrogen and oxygen atoms in total. The van der Waals surface area contributed by atoms with E-state index in [0.717, 1.165) is 94.1 Å². The van der Waals surface area contributed by atoms with Crippen LogP contribution in [-0.2, 0) is 116 Å². The zero-order valence-electron chi connectivity index (χ0n) is 66.5. The molecule has 5 N–H and O–H groups in total. The molecule has 0 radical (unpaired) electrons. The van der Waals surface area contributed by atoms with Crippen LogP contribution in [0.15, 0.2) is 30.3 Å². The SMILES string of the molecule is CC(=O)NC1C(SCCCCCCCC(=O)CCOCC(COCCC(=O)CCCCCCCSC2OC(COC(C)=O)C(OC(C)=O)C(C)C2C)(COCCC(=O)NCCCCCCSC2OC(COC(C)=O)C(OC(C)=O)C(C)C2C)NC(=O)CCCC(=O)OCc2ccccc2)OC(CO)C(OC(C)=O)C1O. The number of aliphatic hydroxyl groups excluding tert-OH is 2. The first-order chi connectivity index (χ1) is 52.6. The minimum absolute atomic E-state index is 0.00549. The number of benzene rings is 1. The molecule has 0 spiro atoms. The van der Waals surface area contributed by atoms with Gasteiger partial charge in [-0.1, -0.05) is 109 Å². The van der Waals surface area contributed by atoms with Gasteiger partial charge in [-0.3, -0.25) is 52.7 Å². The number of esters is 6. The molecule has 0 saturated carbocycles. The normalized spacial score (nSPS) is 24.3. The molecule has 16 atom stereocenters. The number of thioether (sulfide) groups is 3. The van der Waals surface area contributed by atoms with Crippen LogP contribution in [0.3, 0.4) is 0 Å².